The second-order valence-electron chi connectivity index (χ2n) is 6.43. The highest BCUT2D eigenvalue weighted by Crippen LogP contribution is 2.17. The van der Waals surface area contributed by atoms with E-state index >= 15 is 0 Å². The second-order valence-corrected chi connectivity index (χ2v) is 6.43. The van der Waals surface area contributed by atoms with Crippen molar-refractivity contribution in [3.05, 3.63) is 35.9 Å². The zero-order valence-corrected chi connectivity index (χ0v) is 16.1. The summed E-state index contributed by atoms with van der Waals surface area (Å²) in [7, 11) is 1.14. The number of nitrogens with one attached hydrogen (secondary N) is 2. The van der Waals surface area contributed by atoms with Gasteiger partial charge in [-0.1, -0.05) is 30.3 Å². The summed E-state index contributed by atoms with van der Waals surface area (Å²) < 4.78 is 9.55. The maximum absolute atomic E-state index is 12.4. The highest BCUT2D eigenvalue weighted by molar-refractivity contribution is 5.92. The molecule has 1 aromatic carbocycles. The molecule has 1 fully saturated rings. The van der Waals surface area contributed by atoms with Gasteiger partial charge in [0.05, 0.1) is 13.7 Å². The molecule has 1 aliphatic rings. The van der Waals surface area contributed by atoms with Gasteiger partial charge in [0.2, 0.25) is 11.8 Å². The predicted octanol–water partition coefficient (Wildman–Crippen LogP) is -0.446. The lowest BCUT2D eigenvalue weighted by atomic mass is 10.2. The van der Waals surface area contributed by atoms with Crippen LogP contribution in [0.4, 0.5) is 4.79 Å². The third-order valence-corrected chi connectivity index (χ3v) is 4.46. The number of amides is 3. The van der Waals surface area contributed by atoms with Gasteiger partial charge in [0.25, 0.3) is 0 Å². The normalized spacial score (nSPS) is 16.6. The molecule has 0 saturated carbocycles. The van der Waals surface area contributed by atoms with Crippen molar-refractivity contribution in [3.8, 4) is 0 Å². The average molecular weight is 407 g/mol. The fraction of sp³-hybridized carbons (Fsp3) is 0.474. The number of hydrogen-bond acceptors (Lipinski definition) is 7. The number of aliphatic hydroxyl groups excluding tert-OH is 1. The zero-order chi connectivity index (χ0) is 21.2. The molecule has 0 radical (unpaired) electrons. The van der Waals surface area contributed by atoms with Crippen LogP contribution >= 0.6 is 0 Å². The lowest BCUT2D eigenvalue weighted by molar-refractivity contribution is -0.147. The average Bonchev–Trinajstić information content (AvgIpc) is 3.24. The first-order valence-electron chi connectivity index (χ1n) is 9.19. The summed E-state index contributed by atoms with van der Waals surface area (Å²) in [6, 6.07) is 7.11. The van der Waals surface area contributed by atoms with E-state index in [1.807, 2.05) is 18.2 Å². The number of hydrogen-bond donors (Lipinski definition) is 3. The number of rotatable bonds is 8. The predicted molar refractivity (Wildman–Crippen MR) is 100 cm³/mol. The highest BCUT2D eigenvalue weighted by Gasteiger charge is 2.35. The monoisotopic (exact) mass is 407 g/mol. The minimum atomic E-state index is -1.20. The van der Waals surface area contributed by atoms with Crippen LogP contribution in [-0.2, 0) is 30.5 Å². The number of ether oxygens (including phenoxy) is 2. The number of methoxy groups -OCH3 is 1. The standard InChI is InChI=1S/C19H25N3O7/c1-28-18(26)14(11-23)21-17(25)15-8-5-9-22(15)16(24)10-20-19(27)29-12-13-6-3-2-4-7-13/h2-4,6-7,14-15,23H,5,8-12H2,1H3,(H,20,27)(H,21,25). The number of benzene rings is 1. The third kappa shape index (κ3) is 6.46. The van der Waals surface area contributed by atoms with E-state index in [0.29, 0.717) is 19.4 Å². The Morgan fingerprint density at radius 3 is 2.62 bits per heavy atom. The summed E-state index contributed by atoms with van der Waals surface area (Å²) in [6.45, 7) is -0.517. The summed E-state index contributed by atoms with van der Waals surface area (Å²) in [5, 5.41) is 14.0. The van der Waals surface area contributed by atoms with Gasteiger partial charge in [-0.05, 0) is 18.4 Å². The van der Waals surface area contributed by atoms with E-state index in [9.17, 15) is 24.3 Å². The number of carbonyl (C=O) groups is 4. The molecular formula is C19H25N3O7. The fourth-order valence-electron chi connectivity index (χ4n) is 2.95. The van der Waals surface area contributed by atoms with E-state index in [0.717, 1.165) is 12.7 Å². The summed E-state index contributed by atoms with van der Waals surface area (Å²) in [4.78, 5) is 49.5. The van der Waals surface area contributed by atoms with Crippen LogP contribution in [0.1, 0.15) is 18.4 Å². The van der Waals surface area contributed by atoms with Gasteiger partial charge in [-0.25, -0.2) is 9.59 Å². The van der Waals surface area contributed by atoms with Crippen molar-refractivity contribution < 1.29 is 33.8 Å². The Morgan fingerprint density at radius 1 is 1.24 bits per heavy atom. The number of aliphatic hydroxyl groups is 1. The van der Waals surface area contributed by atoms with Gasteiger partial charge in [-0.2, -0.15) is 0 Å². The fourth-order valence-corrected chi connectivity index (χ4v) is 2.95. The maximum Gasteiger partial charge on any atom is 0.407 e. The molecule has 1 saturated heterocycles. The van der Waals surface area contributed by atoms with Gasteiger partial charge in [-0.15, -0.1) is 0 Å². The molecule has 1 aromatic rings. The first-order valence-corrected chi connectivity index (χ1v) is 9.19. The van der Waals surface area contributed by atoms with Crippen LogP contribution in [0.15, 0.2) is 30.3 Å². The molecule has 158 valence electrons. The molecule has 2 rings (SSSR count). The molecule has 0 aromatic heterocycles. The van der Waals surface area contributed by atoms with Gasteiger partial charge in [-0.3, -0.25) is 9.59 Å². The van der Waals surface area contributed by atoms with E-state index in [1.54, 1.807) is 12.1 Å². The lowest BCUT2D eigenvalue weighted by Gasteiger charge is -2.25. The van der Waals surface area contributed by atoms with E-state index < -0.39 is 42.6 Å². The lowest BCUT2D eigenvalue weighted by Crippen LogP contribution is -2.53. The summed E-state index contributed by atoms with van der Waals surface area (Å²) in [5.41, 5.74) is 0.814. The van der Waals surface area contributed by atoms with E-state index in [-0.39, 0.29) is 13.2 Å². The van der Waals surface area contributed by atoms with Gasteiger partial charge in [0.15, 0.2) is 6.04 Å². The second kappa shape index (κ2) is 11.0. The summed E-state index contributed by atoms with van der Waals surface area (Å²) in [6.07, 6.45) is 0.271. The highest BCUT2D eigenvalue weighted by atomic mass is 16.5. The molecule has 2 atom stereocenters. The van der Waals surface area contributed by atoms with Crippen molar-refractivity contribution in [3.63, 3.8) is 0 Å². The van der Waals surface area contributed by atoms with Crippen LogP contribution in [0.2, 0.25) is 0 Å². The molecule has 10 nitrogen and oxygen atoms in total. The molecule has 0 spiro atoms. The number of esters is 1. The Hall–Kier alpha value is -3.14. The summed E-state index contributed by atoms with van der Waals surface area (Å²) >= 11 is 0. The molecule has 1 heterocycles. The van der Waals surface area contributed by atoms with Gasteiger partial charge in [0, 0.05) is 6.54 Å². The van der Waals surface area contributed by atoms with Crippen LogP contribution < -0.4 is 10.6 Å². The van der Waals surface area contributed by atoms with Crippen molar-refractivity contribution >= 4 is 23.9 Å². The molecule has 3 N–H and O–H groups in total. The van der Waals surface area contributed by atoms with Crippen molar-refractivity contribution in [1.29, 1.82) is 0 Å². The van der Waals surface area contributed by atoms with Gasteiger partial charge in [0.1, 0.15) is 19.2 Å². The minimum absolute atomic E-state index is 0.0751. The minimum Gasteiger partial charge on any atom is -0.467 e. The first kappa shape index (κ1) is 22.2. The van der Waals surface area contributed by atoms with Gasteiger partial charge >= 0.3 is 12.1 Å². The van der Waals surface area contributed by atoms with E-state index in [4.69, 9.17) is 4.74 Å². The Balaban J connectivity index is 1.81. The zero-order valence-electron chi connectivity index (χ0n) is 16.1. The third-order valence-electron chi connectivity index (χ3n) is 4.46. The Morgan fingerprint density at radius 2 is 1.97 bits per heavy atom. The molecule has 2 unspecified atom stereocenters. The quantitative estimate of drug-likeness (QED) is 0.497. The number of nitrogens with zero attached hydrogens (tertiary/aromatic N) is 1. The van der Waals surface area contributed by atoms with Crippen molar-refractivity contribution in [1.82, 2.24) is 15.5 Å². The number of likely N-dealkylation sites (tertiary alicyclic amines) is 1. The molecule has 29 heavy (non-hydrogen) atoms. The maximum atomic E-state index is 12.4. The first-order chi connectivity index (χ1) is 14.0. The van der Waals surface area contributed by atoms with E-state index in [1.165, 1.54) is 4.90 Å². The van der Waals surface area contributed by atoms with Gasteiger partial charge < -0.3 is 30.1 Å². The molecular weight excluding hydrogens is 382 g/mol. The molecule has 0 bridgehead atoms. The summed E-state index contributed by atoms with van der Waals surface area (Å²) in [5.74, 6) is -1.79. The van der Waals surface area contributed by atoms with Crippen LogP contribution in [0.5, 0.6) is 0 Å². The Bertz CT molecular complexity index is 726. The number of alkyl carbamates (subject to hydrolysis) is 1. The van der Waals surface area contributed by atoms with E-state index in [2.05, 4.69) is 15.4 Å². The van der Waals surface area contributed by atoms with Crippen LogP contribution in [0.3, 0.4) is 0 Å². The smallest absolute Gasteiger partial charge is 0.407 e. The number of carbonyl (C=O) groups excluding carboxylic acids is 4. The van der Waals surface area contributed by atoms with Crippen LogP contribution in [-0.4, -0.2) is 72.8 Å². The Labute approximate surface area is 168 Å². The molecule has 10 heteroatoms. The molecule has 0 aliphatic carbocycles. The molecule has 1 aliphatic heterocycles. The van der Waals surface area contributed by atoms with Crippen molar-refractivity contribution in [2.45, 2.75) is 31.5 Å². The Kier molecular flexibility index (Phi) is 8.41. The van der Waals surface area contributed by atoms with Crippen LogP contribution in [0.25, 0.3) is 0 Å². The molecule has 3 amide bonds. The topological polar surface area (TPSA) is 134 Å². The van der Waals surface area contributed by atoms with Crippen LogP contribution in [0, 0.1) is 0 Å². The van der Waals surface area contributed by atoms with Crippen molar-refractivity contribution in [2.24, 2.45) is 0 Å². The SMILES string of the molecule is COC(=O)C(CO)NC(=O)C1CCCN1C(=O)CNC(=O)OCc1ccccc1. The largest absolute Gasteiger partial charge is 0.467 e. The van der Waals surface area contributed by atoms with Crippen molar-refractivity contribution in [2.75, 3.05) is 26.8 Å².